The quantitative estimate of drug-likeness (QED) is 0.122. The van der Waals surface area contributed by atoms with Crippen LogP contribution in [0.3, 0.4) is 0 Å². The summed E-state index contributed by atoms with van der Waals surface area (Å²) in [7, 11) is 0. The van der Waals surface area contributed by atoms with Gasteiger partial charge in [0, 0.05) is 30.6 Å². The number of nitrogens with one attached hydrogen (secondary N) is 5. The average Bonchev–Trinajstić information content (AvgIpc) is 3.69. The van der Waals surface area contributed by atoms with Crippen LogP contribution in [0.2, 0.25) is 0 Å². The van der Waals surface area contributed by atoms with E-state index < -0.39 is 59.2 Å². The highest BCUT2D eigenvalue weighted by Crippen LogP contribution is 2.20. The van der Waals surface area contributed by atoms with Crippen molar-refractivity contribution in [3.63, 3.8) is 0 Å². The number of amides is 5. The molecule has 1 aromatic carbocycles. The Hall–Kier alpha value is -5.01. The van der Waals surface area contributed by atoms with Crippen LogP contribution in [0.4, 0.5) is 0 Å². The Morgan fingerprint density at radius 3 is 2.32 bits per heavy atom. The van der Waals surface area contributed by atoms with E-state index in [0.29, 0.717) is 18.7 Å². The van der Waals surface area contributed by atoms with Gasteiger partial charge in [-0.2, -0.15) is 0 Å². The van der Waals surface area contributed by atoms with Crippen molar-refractivity contribution < 1.29 is 38.0 Å². The molecule has 5 amide bonds. The highest BCUT2D eigenvalue weighted by atomic mass is 16.5. The predicted octanol–water partition coefficient (Wildman–Crippen LogP) is 2.47. The number of hydrogen-bond acceptors (Lipinski definition) is 9. The number of rotatable bonds is 17. The number of carbonyl (C=O) groups is 6. The van der Waals surface area contributed by atoms with Gasteiger partial charge in [0.05, 0.1) is 0 Å². The Kier molecular flexibility index (Phi) is 14.3. The van der Waals surface area contributed by atoms with Crippen LogP contribution in [-0.4, -0.2) is 70.9 Å². The molecule has 1 saturated heterocycles. The Bertz CT molecular complexity index is 1540. The highest BCUT2D eigenvalue weighted by Gasteiger charge is 2.41. The maximum atomic E-state index is 13.9. The predicted molar refractivity (Wildman–Crippen MR) is 184 cm³/mol. The van der Waals surface area contributed by atoms with Gasteiger partial charge in [0.25, 0.3) is 5.91 Å². The van der Waals surface area contributed by atoms with Crippen LogP contribution in [-0.2, 0) is 35.3 Å². The maximum Gasteiger partial charge on any atom is 0.330 e. The van der Waals surface area contributed by atoms with Gasteiger partial charge in [-0.25, -0.2) is 4.79 Å². The van der Waals surface area contributed by atoms with Crippen LogP contribution in [0.1, 0.15) is 82.6 Å². The first kappa shape index (κ1) is 39.4. The molecule has 0 spiro atoms. The van der Waals surface area contributed by atoms with E-state index in [1.54, 1.807) is 27.7 Å². The fourth-order valence-electron chi connectivity index (χ4n) is 5.26. The molecule has 0 unspecified atom stereocenters. The molecule has 14 heteroatoms. The summed E-state index contributed by atoms with van der Waals surface area (Å²) in [6.45, 7) is 12.6. The van der Waals surface area contributed by atoms with Crippen LogP contribution in [0.25, 0.3) is 0 Å². The van der Waals surface area contributed by atoms with E-state index in [1.165, 1.54) is 25.1 Å². The molecular formula is C36H50N6O8. The monoisotopic (exact) mass is 694 g/mol. The summed E-state index contributed by atoms with van der Waals surface area (Å²) in [5.74, 6) is -3.47. The molecule has 0 radical (unpaired) electrons. The van der Waals surface area contributed by atoms with Crippen molar-refractivity contribution in [3.05, 3.63) is 65.6 Å². The largest absolute Gasteiger partial charge is 0.458 e. The Balaban J connectivity index is 1.72. The van der Waals surface area contributed by atoms with E-state index in [1.807, 2.05) is 44.2 Å². The normalized spacial score (nSPS) is 17.4. The van der Waals surface area contributed by atoms with Crippen molar-refractivity contribution in [2.24, 2.45) is 17.8 Å². The van der Waals surface area contributed by atoms with Crippen molar-refractivity contribution in [1.82, 2.24) is 31.7 Å². The summed E-state index contributed by atoms with van der Waals surface area (Å²) in [6.07, 6.45) is 3.81. The van der Waals surface area contributed by atoms with Gasteiger partial charge in [-0.1, -0.05) is 69.3 Å². The summed E-state index contributed by atoms with van der Waals surface area (Å²) < 4.78 is 10.3. The summed E-state index contributed by atoms with van der Waals surface area (Å²) >= 11 is 0. The van der Waals surface area contributed by atoms with E-state index in [0.717, 1.165) is 5.56 Å². The zero-order chi connectivity index (χ0) is 37.0. The molecular weight excluding hydrogens is 644 g/mol. The number of hydrogen-bond donors (Lipinski definition) is 5. The second-order valence-electron chi connectivity index (χ2n) is 13.6. The third-order valence-corrected chi connectivity index (χ3v) is 8.66. The van der Waals surface area contributed by atoms with Crippen molar-refractivity contribution >= 4 is 35.5 Å². The van der Waals surface area contributed by atoms with E-state index in [2.05, 4.69) is 31.7 Å². The van der Waals surface area contributed by atoms with Crippen LogP contribution < -0.4 is 26.6 Å². The lowest BCUT2D eigenvalue weighted by Gasteiger charge is -2.36. The van der Waals surface area contributed by atoms with Gasteiger partial charge in [0.2, 0.25) is 23.6 Å². The van der Waals surface area contributed by atoms with E-state index in [-0.39, 0.29) is 42.9 Å². The van der Waals surface area contributed by atoms with Gasteiger partial charge in [0.1, 0.15) is 30.0 Å². The van der Waals surface area contributed by atoms with Gasteiger partial charge in [0.15, 0.2) is 5.69 Å². The molecule has 3 rings (SSSR count). The highest BCUT2D eigenvalue weighted by molar-refractivity contribution is 5.99. The molecule has 5 atom stereocenters. The third kappa shape index (κ3) is 11.6. The second-order valence-corrected chi connectivity index (χ2v) is 13.6. The Labute approximate surface area is 292 Å². The van der Waals surface area contributed by atoms with Crippen LogP contribution in [0.15, 0.2) is 53.1 Å². The summed E-state index contributed by atoms with van der Waals surface area (Å²) in [6, 6.07) is 7.87. The molecule has 1 fully saturated rings. The van der Waals surface area contributed by atoms with Crippen molar-refractivity contribution in [1.29, 1.82) is 0 Å². The number of ether oxygens (including phenoxy) is 1. The minimum Gasteiger partial charge on any atom is -0.458 e. The van der Waals surface area contributed by atoms with Crippen LogP contribution in [0.5, 0.6) is 0 Å². The SMILES string of the molecule is Cc1cc(C(=O)N[C@@H](C)C(=O)N[C@@](C)(C(=O)N[C@@H](CC(C)C)C(=O)N[C@H](/C=C/C(=O)OCc2ccccc2)C[C@@H]2CCNC2=O)C(C)C)no1. The van der Waals surface area contributed by atoms with E-state index in [9.17, 15) is 28.8 Å². The van der Waals surface area contributed by atoms with Gasteiger partial charge < -0.3 is 35.8 Å². The molecule has 2 aromatic rings. The number of esters is 1. The van der Waals surface area contributed by atoms with Crippen molar-refractivity contribution in [2.75, 3.05) is 6.54 Å². The fourth-order valence-corrected chi connectivity index (χ4v) is 5.26. The zero-order valence-corrected chi connectivity index (χ0v) is 29.8. The van der Waals surface area contributed by atoms with Crippen LogP contribution >= 0.6 is 0 Å². The zero-order valence-electron chi connectivity index (χ0n) is 29.8. The van der Waals surface area contributed by atoms with Gasteiger partial charge >= 0.3 is 5.97 Å². The molecule has 272 valence electrons. The summed E-state index contributed by atoms with van der Waals surface area (Å²) in [4.78, 5) is 78.4. The first-order valence-corrected chi connectivity index (χ1v) is 16.9. The molecule has 2 heterocycles. The molecule has 14 nitrogen and oxygen atoms in total. The van der Waals surface area contributed by atoms with Crippen molar-refractivity contribution in [3.8, 4) is 0 Å². The second kappa shape index (κ2) is 18.1. The first-order chi connectivity index (χ1) is 23.6. The van der Waals surface area contributed by atoms with Gasteiger partial charge in [-0.05, 0) is 57.4 Å². The summed E-state index contributed by atoms with van der Waals surface area (Å²) in [5.41, 5.74) is -0.640. The standard InChI is InChI=1S/C36H50N6O8/c1-21(2)17-28(40-35(48)36(7,22(3)4)41-31(44)24(6)38-34(47)29-18-23(5)50-42-29)33(46)39-27(19-26-15-16-37-32(26)45)13-14-30(43)49-20-25-11-9-8-10-12-25/h8-14,18,21-22,24,26-28H,15-17,19-20H2,1-7H3,(H,37,45)(H,38,47)(H,39,46)(H,40,48)(H,41,44)/b14-13+/t24-,26-,27+,28-,36+/m0/s1. The maximum absolute atomic E-state index is 13.9. The molecule has 0 saturated carbocycles. The Morgan fingerprint density at radius 2 is 1.74 bits per heavy atom. The van der Waals surface area contributed by atoms with E-state index >= 15 is 0 Å². The molecule has 1 aliphatic heterocycles. The van der Waals surface area contributed by atoms with Crippen LogP contribution in [0, 0.1) is 24.7 Å². The number of benzene rings is 1. The molecule has 0 aliphatic carbocycles. The van der Waals surface area contributed by atoms with Gasteiger partial charge in [-0.3, -0.25) is 24.0 Å². The lowest BCUT2D eigenvalue weighted by atomic mass is 9.86. The molecule has 0 bridgehead atoms. The molecule has 1 aliphatic rings. The van der Waals surface area contributed by atoms with E-state index in [4.69, 9.17) is 9.26 Å². The van der Waals surface area contributed by atoms with Crippen molar-refractivity contribution in [2.45, 2.75) is 98.0 Å². The Morgan fingerprint density at radius 1 is 1.04 bits per heavy atom. The lowest BCUT2D eigenvalue weighted by Crippen LogP contribution is -2.65. The average molecular weight is 695 g/mol. The molecule has 1 aromatic heterocycles. The minimum absolute atomic E-state index is 0.0103. The topological polar surface area (TPSA) is 198 Å². The third-order valence-electron chi connectivity index (χ3n) is 8.66. The lowest BCUT2D eigenvalue weighted by molar-refractivity contribution is -0.139. The fraction of sp³-hybridized carbons (Fsp3) is 0.528. The minimum atomic E-state index is -1.47. The molecule has 5 N–H and O–H groups in total. The number of aromatic nitrogens is 1. The molecule has 50 heavy (non-hydrogen) atoms. The number of aryl methyl sites for hydroxylation is 1. The number of nitrogens with zero attached hydrogens (tertiary/aromatic N) is 1. The smallest absolute Gasteiger partial charge is 0.330 e. The first-order valence-electron chi connectivity index (χ1n) is 16.9. The summed E-state index contributed by atoms with van der Waals surface area (Å²) in [5, 5.41) is 17.5. The number of carbonyl (C=O) groups excluding carboxylic acids is 6. The van der Waals surface area contributed by atoms with Gasteiger partial charge in [-0.15, -0.1) is 0 Å².